The van der Waals surface area contributed by atoms with Crippen molar-refractivity contribution >= 4 is 0 Å². The Morgan fingerprint density at radius 3 is 2.22 bits per heavy atom. The van der Waals surface area contributed by atoms with Crippen LogP contribution in [0.3, 0.4) is 0 Å². The summed E-state index contributed by atoms with van der Waals surface area (Å²) in [4.78, 5) is 0. The van der Waals surface area contributed by atoms with Crippen molar-refractivity contribution in [3.05, 3.63) is 42.0 Å². The number of benzene rings is 1. The lowest BCUT2D eigenvalue weighted by atomic mass is 9.87. The van der Waals surface area contributed by atoms with Crippen LogP contribution in [0.1, 0.15) is 39.2 Å². The van der Waals surface area contributed by atoms with Gasteiger partial charge < -0.3 is 4.74 Å². The van der Waals surface area contributed by atoms with Crippen molar-refractivity contribution < 1.29 is 4.74 Å². The molecule has 1 nitrogen and oxygen atoms in total. The first-order valence-electron chi connectivity index (χ1n) is 6.98. The maximum absolute atomic E-state index is 6.13. The molecule has 18 heavy (non-hydrogen) atoms. The summed E-state index contributed by atoms with van der Waals surface area (Å²) in [7, 11) is 0. The molecular weight excluding hydrogens is 220 g/mol. The summed E-state index contributed by atoms with van der Waals surface area (Å²) in [6, 6.07) is 8.63. The highest BCUT2D eigenvalue weighted by Gasteiger charge is 2.37. The maximum atomic E-state index is 6.13. The largest absolute Gasteiger partial charge is 0.490 e. The van der Waals surface area contributed by atoms with E-state index in [0.29, 0.717) is 12.0 Å². The van der Waals surface area contributed by atoms with Crippen LogP contribution >= 0.6 is 0 Å². The molecule has 2 bridgehead atoms. The molecule has 3 atom stereocenters. The predicted octanol–water partition coefficient (Wildman–Crippen LogP) is 4.33. The molecule has 0 heterocycles. The molecule has 1 aromatic rings. The molecule has 1 aromatic carbocycles. The van der Waals surface area contributed by atoms with Crippen LogP contribution < -0.4 is 4.74 Å². The molecule has 3 rings (SSSR count). The van der Waals surface area contributed by atoms with E-state index in [9.17, 15) is 0 Å². The number of fused-ring (bicyclic) bond motifs is 2. The topological polar surface area (TPSA) is 9.23 Å². The minimum Gasteiger partial charge on any atom is -0.490 e. The van der Waals surface area contributed by atoms with Gasteiger partial charge in [-0.1, -0.05) is 45.1 Å². The van der Waals surface area contributed by atoms with Crippen LogP contribution in [0.2, 0.25) is 0 Å². The fraction of sp³-hybridized carbons (Fsp3) is 0.529. The van der Waals surface area contributed by atoms with Gasteiger partial charge in [0.25, 0.3) is 0 Å². The highest BCUT2D eigenvalue weighted by Crippen LogP contribution is 2.41. The highest BCUT2D eigenvalue weighted by atomic mass is 16.5. The third-order valence-corrected chi connectivity index (χ3v) is 4.23. The number of hydrogen-bond donors (Lipinski definition) is 0. The zero-order valence-electron chi connectivity index (χ0n) is 11.5. The highest BCUT2D eigenvalue weighted by molar-refractivity contribution is 5.31. The second-order valence-corrected chi connectivity index (χ2v) is 6.71. The number of allylic oxidation sites excluding steroid dienone is 1. The van der Waals surface area contributed by atoms with E-state index < -0.39 is 0 Å². The molecule has 0 aromatic heterocycles. The second-order valence-electron chi connectivity index (χ2n) is 6.71. The standard InChI is InChI=1S/C17H22O/c1-17(2,3)14-6-8-15(9-7-14)18-16-11-12-4-5-13(16)10-12/h4-9,12-13,16H,10-11H2,1-3H3. The quantitative estimate of drug-likeness (QED) is 0.701. The van der Waals surface area contributed by atoms with E-state index in [-0.39, 0.29) is 5.41 Å². The number of rotatable bonds is 2. The molecule has 2 aliphatic rings. The monoisotopic (exact) mass is 242 g/mol. The van der Waals surface area contributed by atoms with E-state index in [1.807, 2.05) is 0 Å². The summed E-state index contributed by atoms with van der Waals surface area (Å²) in [5.74, 6) is 2.44. The molecule has 0 saturated heterocycles. The average Bonchev–Trinajstić information content (AvgIpc) is 2.90. The predicted molar refractivity (Wildman–Crippen MR) is 74.9 cm³/mol. The van der Waals surface area contributed by atoms with Gasteiger partial charge in [-0.05, 0) is 41.9 Å². The molecule has 0 N–H and O–H groups in total. The van der Waals surface area contributed by atoms with Crippen molar-refractivity contribution in [1.82, 2.24) is 0 Å². The van der Waals surface area contributed by atoms with Crippen LogP contribution in [0.4, 0.5) is 0 Å². The Bertz CT molecular complexity index is 449. The van der Waals surface area contributed by atoms with E-state index in [4.69, 9.17) is 4.74 Å². The van der Waals surface area contributed by atoms with Gasteiger partial charge in [-0.25, -0.2) is 0 Å². The van der Waals surface area contributed by atoms with Crippen LogP contribution in [0.5, 0.6) is 5.75 Å². The summed E-state index contributed by atoms with van der Waals surface area (Å²) in [6.07, 6.45) is 7.59. The lowest BCUT2D eigenvalue weighted by molar-refractivity contribution is 0.175. The Balaban J connectivity index is 1.69. The van der Waals surface area contributed by atoms with Crippen molar-refractivity contribution in [3.63, 3.8) is 0 Å². The molecular formula is C17H22O. The van der Waals surface area contributed by atoms with Crippen molar-refractivity contribution in [2.75, 3.05) is 0 Å². The fourth-order valence-corrected chi connectivity index (χ4v) is 3.07. The minimum absolute atomic E-state index is 0.216. The number of hydrogen-bond acceptors (Lipinski definition) is 1. The molecule has 0 aliphatic heterocycles. The Morgan fingerprint density at radius 1 is 1.00 bits per heavy atom. The summed E-state index contributed by atoms with van der Waals surface area (Å²) < 4.78 is 6.13. The molecule has 1 heteroatoms. The van der Waals surface area contributed by atoms with Crippen LogP contribution in [0, 0.1) is 11.8 Å². The summed E-state index contributed by atoms with van der Waals surface area (Å²) >= 11 is 0. The molecule has 3 unspecified atom stereocenters. The van der Waals surface area contributed by atoms with Crippen LogP contribution in [-0.2, 0) is 5.41 Å². The van der Waals surface area contributed by atoms with Crippen LogP contribution in [-0.4, -0.2) is 6.10 Å². The van der Waals surface area contributed by atoms with Crippen LogP contribution in [0.15, 0.2) is 36.4 Å². The first kappa shape index (κ1) is 11.8. The molecule has 0 spiro atoms. The second kappa shape index (κ2) is 4.15. The van der Waals surface area contributed by atoms with Gasteiger partial charge in [-0.2, -0.15) is 0 Å². The minimum atomic E-state index is 0.216. The Hall–Kier alpha value is -1.24. The zero-order valence-corrected chi connectivity index (χ0v) is 11.5. The Kier molecular flexibility index (Phi) is 2.73. The molecule has 0 radical (unpaired) electrons. The van der Waals surface area contributed by atoms with Crippen molar-refractivity contribution in [2.24, 2.45) is 11.8 Å². The molecule has 2 aliphatic carbocycles. The number of ether oxygens (including phenoxy) is 1. The van der Waals surface area contributed by atoms with Crippen molar-refractivity contribution in [2.45, 2.75) is 45.1 Å². The summed E-state index contributed by atoms with van der Waals surface area (Å²) in [5.41, 5.74) is 1.58. The third-order valence-electron chi connectivity index (χ3n) is 4.23. The Morgan fingerprint density at radius 2 is 1.72 bits per heavy atom. The van der Waals surface area contributed by atoms with Gasteiger partial charge >= 0.3 is 0 Å². The SMILES string of the molecule is CC(C)(C)c1ccc(OC2CC3C=CC2C3)cc1. The van der Waals surface area contributed by atoms with Crippen LogP contribution in [0.25, 0.3) is 0 Å². The summed E-state index contributed by atoms with van der Waals surface area (Å²) in [6.45, 7) is 6.72. The molecule has 1 saturated carbocycles. The van der Waals surface area contributed by atoms with E-state index in [2.05, 4.69) is 57.2 Å². The van der Waals surface area contributed by atoms with Gasteiger partial charge in [0.15, 0.2) is 0 Å². The lowest BCUT2D eigenvalue weighted by Crippen LogP contribution is -2.21. The summed E-state index contributed by atoms with van der Waals surface area (Å²) in [5, 5.41) is 0. The average molecular weight is 242 g/mol. The smallest absolute Gasteiger partial charge is 0.119 e. The van der Waals surface area contributed by atoms with E-state index in [1.54, 1.807) is 0 Å². The van der Waals surface area contributed by atoms with Gasteiger partial charge in [-0.3, -0.25) is 0 Å². The third kappa shape index (κ3) is 2.19. The zero-order chi connectivity index (χ0) is 12.8. The van der Waals surface area contributed by atoms with Gasteiger partial charge in [0.1, 0.15) is 11.9 Å². The van der Waals surface area contributed by atoms with Gasteiger partial charge in [-0.15, -0.1) is 0 Å². The first-order valence-corrected chi connectivity index (χ1v) is 6.98. The molecule has 0 amide bonds. The van der Waals surface area contributed by atoms with E-state index >= 15 is 0 Å². The lowest BCUT2D eigenvalue weighted by Gasteiger charge is -2.22. The maximum Gasteiger partial charge on any atom is 0.119 e. The fourth-order valence-electron chi connectivity index (χ4n) is 3.07. The normalized spacial score (nSPS) is 29.8. The van der Waals surface area contributed by atoms with Crippen molar-refractivity contribution in [1.29, 1.82) is 0 Å². The van der Waals surface area contributed by atoms with Gasteiger partial charge in [0.05, 0.1) is 0 Å². The molecule has 96 valence electrons. The Labute approximate surface area is 110 Å². The molecule has 1 fully saturated rings. The van der Waals surface area contributed by atoms with E-state index in [1.165, 1.54) is 18.4 Å². The first-order chi connectivity index (χ1) is 8.52. The van der Waals surface area contributed by atoms with Gasteiger partial charge in [0.2, 0.25) is 0 Å². The van der Waals surface area contributed by atoms with Crippen molar-refractivity contribution in [3.8, 4) is 5.75 Å². The van der Waals surface area contributed by atoms with Gasteiger partial charge in [0, 0.05) is 5.92 Å². The van der Waals surface area contributed by atoms with E-state index in [0.717, 1.165) is 11.7 Å².